The van der Waals surface area contributed by atoms with Crippen molar-refractivity contribution in [1.82, 2.24) is 4.98 Å². The van der Waals surface area contributed by atoms with Crippen molar-refractivity contribution in [2.45, 2.75) is 6.18 Å². The summed E-state index contributed by atoms with van der Waals surface area (Å²) in [6.07, 6.45) is -2.94. The lowest BCUT2D eigenvalue weighted by Gasteiger charge is -2.24. The molecule has 0 saturated heterocycles. The summed E-state index contributed by atoms with van der Waals surface area (Å²) in [6.45, 7) is -1.11. The quantitative estimate of drug-likeness (QED) is 0.759. The van der Waals surface area contributed by atoms with Gasteiger partial charge in [0.05, 0.1) is 5.02 Å². The van der Waals surface area contributed by atoms with Crippen LogP contribution in [0.15, 0.2) is 16.7 Å². The van der Waals surface area contributed by atoms with E-state index in [1.165, 1.54) is 12.3 Å². The van der Waals surface area contributed by atoms with Gasteiger partial charge in [-0.15, -0.1) is 11.6 Å². The molecule has 0 fully saturated rings. The number of hydrogen-bond acceptors (Lipinski definition) is 2. The Morgan fingerprint density at radius 2 is 2.06 bits per heavy atom. The van der Waals surface area contributed by atoms with E-state index in [0.717, 1.165) is 4.90 Å². The minimum absolute atomic E-state index is 0.0232. The molecule has 0 unspecified atom stereocenters. The largest absolute Gasteiger partial charge is 0.405 e. The Kier molecular flexibility index (Phi) is 5.34. The summed E-state index contributed by atoms with van der Waals surface area (Å²) in [5.74, 6) is 0.136. The van der Waals surface area contributed by atoms with Crippen LogP contribution < -0.4 is 4.90 Å². The predicted molar refractivity (Wildman–Crippen MR) is 65.9 cm³/mol. The number of rotatable bonds is 4. The van der Waals surface area contributed by atoms with E-state index in [2.05, 4.69) is 20.9 Å². The highest BCUT2D eigenvalue weighted by Gasteiger charge is 2.31. The molecule has 2 nitrogen and oxygen atoms in total. The summed E-state index contributed by atoms with van der Waals surface area (Å²) in [4.78, 5) is 4.87. The Balaban J connectivity index is 2.97. The van der Waals surface area contributed by atoms with Gasteiger partial charge in [0.1, 0.15) is 12.4 Å². The van der Waals surface area contributed by atoms with Gasteiger partial charge < -0.3 is 4.90 Å². The summed E-state index contributed by atoms with van der Waals surface area (Å²) in [5.41, 5.74) is 0. The van der Waals surface area contributed by atoms with E-state index in [-0.39, 0.29) is 23.3 Å². The Hall–Kier alpha value is -0.200. The fourth-order valence-electron chi connectivity index (χ4n) is 1.22. The average Bonchev–Trinajstić information content (AvgIpc) is 2.14. The zero-order valence-electron chi connectivity index (χ0n) is 8.44. The standard InChI is InChI=1S/C9H8BrCl2F3N2/c10-6-3-7(12)8(16-4-6)17(2-1-11)5-9(13,14)15/h3-4H,1-2,5H2. The van der Waals surface area contributed by atoms with Crippen LogP contribution in [0.2, 0.25) is 5.02 Å². The van der Waals surface area contributed by atoms with E-state index in [0.29, 0.717) is 4.47 Å². The maximum Gasteiger partial charge on any atom is 0.405 e. The Morgan fingerprint density at radius 1 is 1.41 bits per heavy atom. The summed E-state index contributed by atoms with van der Waals surface area (Å²) in [6, 6.07) is 1.49. The van der Waals surface area contributed by atoms with Crippen LogP contribution in [0.3, 0.4) is 0 Å². The van der Waals surface area contributed by atoms with Gasteiger partial charge in [-0.2, -0.15) is 13.2 Å². The molecule has 0 radical (unpaired) electrons. The Labute approximate surface area is 115 Å². The third-order valence-electron chi connectivity index (χ3n) is 1.81. The van der Waals surface area contributed by atoms with E-state index in [4.69, 9.17) is 23.2 Å². The van der Waals surface area contributed by atoms with Gasteiger partial charge >= 0.3 is 6.18 Å². The van der Waals surface area contributed by atoms with Crippen LogP contribution in [-0.4, -0.2) is 30.1 Å². The topological polar surface area (TPSA) is 16.1 Å². The second-order valence-electron chi connectivity index (χ2n) is 3.18. The number of pyridine rings is 1. The van der Waals surface area contributed by atoms with Gasteiger partial charge in [-0.3, -0.25) is 0 Å². The van der Waals surface area contributed by atoms with Gasteiger partial charge in [0, 0.05) is 23.1 Å². The summed E-state index contributed by atoms with van der Waals surface area (Å²) in [5, 5.41) is 0.147. The molecule has 17 heavy (non-hydrogen) atoms. The maximum absolute atomic E-state index is 12.4. The Morgan fingerprint density at radius 3 is 2.53 bits per heavy atom. The maximum atomic E-state index is 12.4. The second-order valence-corrected chi connectivity index (χ2v) is 4.89. The van der Waals surface area contributed by atoms with Crippen molar-refractivity contribution in [2.75, 3.05) is 23.9 Å². The normalized spacial score (nSPS) is 11.6. The van der Waals surface area contributed by atoms with Crippen LogP contribution in [-0.2, 0) is 0 Å². The monoisotopic (exact) mass is 350 g/mol. The third kappa shape index (κ3) is 4.89. The van der Waals surface area contributed by atoms with Gasteiger partial charge in [-0.25, -0.2) is 4.98 Å². The summed E-state index contributed by atoms with van der Waals surface area (Å²) >= 11 is 14.4. The number of nitrogens with zero attached hydrogens (tertiary/aromatic N) is 2. The molecule has 0 bridgehead atoms. The van der Waals surface area contributed by atoms with Gasteiger partial charge in [-0.05, 0) is 22.0 Å². The van der Waals surface area contributed by atoms with Crippen molar-refractivity contribution in [3.8, 4) is 0 Å². The molecule has 0 N–H and O–H groups in total. The molecule has 0 aliphatic rings. The SMILES string of the molecule is FC(F)(F)CN(CCCl)c1ncc(Br)cc1Cl. The minimum Gasteiger partial charge on any atom is -0.345 e. The van der Waals surface area contributed by atoms with Crippen LogP contribution in [0.4, 0.5) is 19.0 Å². The van der Waals surface area contributed by atoms with Crippen LogP contribution in [0.1, 0.15) is 0 Å². The lowest BCUT2D eigenvalue weighted by atomic mass is 10.4. The van der Waals surface area contributed by atoms with E-state index in [9.17, 15) is 13.2 Å². The molecule has 0 aliphatic carbocycles. The molecule has 0 spiro atoms. The molecular weight excluding hydrogens is 344 g/mol. The lowest BCUT2D eigenvalue weighted by molar-refractivity contribution is -0.119. The molecular formula is C9H8BrCl2F3N2. The van der Waals surface area contributed by atoms with E-state index >= 15 is 0 Å². The van der Waals surface area contributed by atoms with E-state index < -0.39 is 12.7 Å². The van der Waals surface area contributed by atoms with Crippen molar-refractivity contribution in [3.05, 3.63) is 21.8 Å². The van der Waals surface area contributed by atoms with Gasteiger partial charge in [-0.1, -0.05) is 11.6 Å². The van der Waals surface area contributed by atoms with Crippen molar-refractivity contribution < 1.29 is 13.2 Å². The molecule has 8 heteroatoms. The average molecular weight is 352 g/mol. The van der Waals surface area contributed by atoms with Crippen LogP contribution in [0, 0.1) is 0 Å². The van der Waals surface area contributed by atoms with Crippen LogP contribution in [0.25, 0.3) is 0 Å². The van der Waals surface area contributed by atoms with Crippen molar-refractivity contribution in [3.63, 3.8) is 0 Å². The third-order valence-corrected chi connectivity index (χ3v) is 2.69. The minimum atomic E-state index is -4.33. The van der Waals surface area contributed by atoms with Crippen LogP contribution >= 0.6 is 39.1 Å². The number of aromatic nitrogens is 1. The highest BCUT2D eigenvalue weighted by atomic mass is 79.9. The molecule has 1 heterocycles. The highest BCUT2D eigenvalue weighted by molar-refractivity contribution is 9.10. The van der Waals surface area contributed by atoms with E-state index in [1.807, 2.05) is 0 Å². The smallest absolute Gasteiger partial charge is 0.345 e. The number of alkyl halides is 4. The molecule has 0 atom stereocenters. The second kappa shape index (κ2) is 6.11. The molecule has 96 valence electrons. The Bertz CT molecular complexity index is 387. The molecule has 1 aromatic heterocycles. The molecule has 0 amide bonds. The number of anilines is 1. The van der Waals surface area contributed by atoms with Gasteiger partial charge in [0.25, 0.3) is 0 Å². The first-order valence-corrected chi connectivity index (χ1v) is 6.23. The first-order chi connectivity index (χ1) is 7.83. The number of hydrogen-bond donors (Lipinski definition) is 0. The highest BCUT2D eigenvalue weighted by Crippen LogP contribution is 2.28. The fourth-order valence-corrected chi connectivity index (χ4v) is 2.17. The van der Waals surface area contributed by atoms with Crippen molar-refractivity contribution in [2.24, 2.45) is 0 Å². The summed E-state index contributed by atoms with van der Waals surface area (Å²) in [7, 11) is 0. The fraction of sp³-hybridized carbons (Fsp3) is 0.444. The van der Waals surface area contributed by atoms with Gasteiger partial charge in [0.2, 0.25) is 0 Å². The van der Waals surface area contributed by atoms with Crippen molar-refractivity contribution in [1.29, 1.82) is 0 Å². The zero-order valence-corrected chi connectivity index (χ0v) is 11.5. The molecule has 0 aliphatic heterocycles. The van der Waals surface area contributed by atoms with Gasteiger partial charge in [0.15, 0.2) is 0 Å². The molecule has 1 aromatic rings. The first kappa shape index (κ1) is 14.9. The zero-order chi connectivity index (χ0) is 13.1. The van der Waals surface area contributed by atoms with Crippen molar-refractivity contribution >= 4 is 44.9 Å². The lowest BCUT2D eigenvalue weighted by Crippen LogP contribution is -2.36. The molecule has 1 rings (SSSR count). The molecule has 0 saturated carbocycles. The summed E-state index contributed by atoms with van der Waals surface area (Å²) < 4.78 is 37.7. The first-order valence-electron chi connectivity index (χ1n) is 4.52. The molecule has 0 aromatic carbocycles. The number of halogens is 6. The van der Waals surface area contributed by atoms with Crippen LogP contribution in [0.5, 0.6) is 0 Å². The van der Waals surface area contributed by atoms with E-state index in [1.54, 1.807) is 0 Å². The predicted octanol–water partition coefficient (Wildman–Crippen LogP) is 4.11.